The molecule has 5 heteroatoms. The number of carbonyl (C=O) groups is 1. The van der Waals surface area contributed by atoms with E-state index in [-0.39, 0.29) is 11.9 Å². The highest BCUT2D eigenvalue weighted by atomic mass is 35.5. The van der Waals surface area contributed by atoms with Crippen LogP contribution in [0.1, 0.15) is 30.6 Å². The molecular weight excluding hydrogens is 268 g/mol. The van der Waals surface area contributed by atoms with Gasteiger partial charge in [0.05, 0.1) is 16.9 Å². The first-order valence-corrected chi connectivity index (χ1v) is 7.59. The smallest absolute Gasteiger partial charge is 0.239 e. The Labute approximate surface area is 117 Å². The minimum Gasteiger partial charge on any atom is -0.339 e. The van der Waals surface area contributed by atoms with Gasteiger partial charge in [-0.25, -0.2) is 0 Å². The van der Waals surface area contributed by atoms with Crippen LogP contribution in [0, 0.1) is 0 Å². The number of hydrogen-bond donors (Lipinski definition) is 1. The Kier molecular flexibility index (Phi) is 5.03. The lowest BCUT2D eigenvalue weighted by molar-refractivity contribution is -0.132. The number of nitrogens with zero attached hydrogens (tertiary/aromatic N) is 1. The van der Waals surface area contributed by atoms with Crippen LogP contribution in [-0.4, -0.2) is 30.4 Å². The van der Waals surface area contributed by atoms with Crippen LogP contribution in [0.15, 0.2) is 12.1 Å². The second-order valence-electron chi connectivity index (χ2n) is 4.76. The highest BCUT2D eigenvalue weighted by Gasteiger charge is 2.22. The Morgan fingerprint density at radius 3 is 3.06 bits per heavy atom. The van der Waals surface area contributed by atoms with Gasteiger partial charge in [0, 0.05) is 11.9 Å². The van der Waals surface area contributed by atoms with Gasteiger partial charge in [0.25, 0.3) is 0 Å². The van der Waals surface area contributed by atoms with E-state index in [1.54, 1.807) is 4.90 Å². The van der Waals surface area contributed by atoms with Crippen LogP contribution in [0.5, 0.6) is 0 Å². The van der Waals surface area contributed by atoms with Crippen molar-refractivity contribution >= 4 is 28.8 Å². The van der Waals surface area contributed by atoms with Crippen molar-refractivity contribution in [2.45, 2.75) is 38.3 Å². The van der Waals surface area contributed by atoms with Gasteiger partial charge in [-0.2, -0.15) is 0 Å². The van der Waals surface area contributed by atoms with Crippen molar-refractivity contribution < 1.29 is 4.79 Å². The van der Waals surface area contributed by atoms with Crippen molar-refractivity contribution in [3.8, 4) is 0 Å². The zero-order valence-electron chi connectivity index (χ0n) is 10.6. The van der Waals surface area contributed by atoms with Crippen molar-refractivity contribution in [1.29, 1.82) is 0 Å². The van der Waals surface area contributed by atoms with Gasteiger partial charge in [0.2, 0.25) is 5.91 Å². The zero-order valence-corrected chi connectivity index (χ0v) is 12.2. The molecule has 0 aromatic carbocycles. The summed E-state index contributed by atoms with van der Waals surface area (Å²) in [5.41, 5.74) is 0. The number of likely N-dealkylation sites (N-methyl/N-ethyl adjacent to an activating group) is 1. The van der Waals surface area contributed by atoms with Gasteiger partial charge < -0.3 is 10.2 Å². The standard InChI is InChI=1S/C13H19ClN2OS/c1-16(9-10-6-7-12(14)18-10)13(17)11-5-3-2-4-8-15-11/h6-7,11,15H,2-5,8-9H2,1H3. The summed E-state index contributed by atoms with van der Waals surface area (Å²) >= 11 is 7.43. The maximum Gasteiger partial charge on any atom is 0.239 e. The number of amides is 1. The molecule has 1 N–H and O–H groups in total. The van der Waals surface area contributed by atoms with Crippen LogP contribution in [0.4, 0.5) is 0 Å². The topological polar surface area (TPSA) is 32.3 Å². The fourth-order valence-electron chi connectivity index (χ4n) is 2.25. The van der Waals surface area contributed by atoms with Crippen LogP contribution >= 0.6 is 22.9 Å². The van der Waals surface area contributed by atoms with E-state index in [0.717, 1.165) is 28.6 Å². The number of rotatable bonds is 3. The van der Waals surface area contributed by atoms with Crippen LogP contribution in [-0.2, 0) is 11.3 Å². The molecule has 100 valence electrons. The highest BCUT2D eigenvalue weighted by Crippen LogP contribution is 2.22. The van der Waals surface area contributed by atoms with Crippen LogP contribution in [0.25, 0.3) is 0 Å². The molecule has 1 unspecified atom stereocenters. The molecule has 2 rings (SSSR count). The normalized spacial score (nSPS) is 20.4. The molecule has 1 amide bonds. The predicted octanol–water partition coefficient (Wildman–Crippen LogP) is 2.89. The molecule has 1 aliphatic rings. The second-order valence-corrected chi connectivity index (χ2v) is 6.56. The van der Waals surface area contributed by atoms with E-state index in [9.17, 15) is 4.79 Å². The van der Waals surface area contributed by atoms with Crippen molar-refractivity contribution in [3.05, 3.63) is 21.3 Å². The average Bonchev–Trinajstić information content (AvgIpc) is 2.62. The zero-order chi connectivity index (χ0) is 13.0. The first-order chi connectivity index (χ1) is 8.66. The third-order valence-electron chi connectivity index (χ3n) is 3.26. The maximum absolute atomic E-state index is 12.3. The average molecular weight is 287 g/mol. The molecular formula is C13H19ClN2OS. The van der Waals surface area contributed by atoms with Crippen molar-refractivity contribution in [2.24, 2.45) is 0 Å². The molecule has 1 saturated heterocycles. The van der Waals surface area contributed by atoms with E-state index < -0.39 is 0 Å². The monoisotopic (exact) mass is 286 g/mol. The van der Waals surface area contributed by atoms with Crippen LogP contribution in [0.2, 0.25) is 4.34 Å². The Morgan fingerprint density at radius 1 is 1.50 bits per heavy atom. The fourth-order valence-corrected chi connectivity index (χ4v) is 3.39. The number of nitrogens with one attached hydrogen (secondary N) is 1. The molecule has 2 heterocycles. The van der Waals surface area contributed by atoms with E-state index in [2.05, 4.69) is 5.32 Å². The number of halogens is 1. The molecule has 0 aliphatic carbocycles. The molecule has 1 aliphatic heterocycles. The lowest BCUT2D eigenvalue weighted by Crippen LogP contribution is -2.44. The lowest BCUT2D eigenvalue weighted by Gasteiger charge is -2.23. The summed E-state index contributed by atoms with van der Waals surface area (Å²) < 4.78 is 0.776. The molecule has 3 nitrogen and oxygen atoms in total. The quantitative estimate of drug-likeness (QED) is 0.927. The van der Waals surface area contributed by atoms with E-state index in [0.29, 0.717) is 6.54 Å². The van der Waals surface area contributed by atoms with Gasteiger partial charge >= 0.3 is 0 Å². The van der Waals surface area contributed by atoms with Gasteiger partial charge in [0.15, 0.2) is 0 Å². The minimum atomic E-state index is -0.00654. The molecule has 0 saturated carbocycles. The summed E-state index contributed by atoms with van der Waals surface area (Å²) in [5, 5.41) is 3.34. The van der Waals surface area contributed by atoms with Gasteiger partial charge in [-0.05, 0) is 31.5 Å². The summed E-state index contributed by atoms with van der Waals surface area (Å²) in [6, 6.07) is 3.86. The summed E-state index contributed by atoms with van der Waals surface area (Å²) in [7, 11) is 1.86. The van der Waals surface area contributed by atoms with Crippen molar-refractivity contribution in [2.75, 3.05) is 13.6 Å². The number of hydrogen-bond acceptors (Lipinski definition) is 3. The number of carbonyl (C=O) groups excluding carboxylic acids is 1. The van der Waals surface area contributed by atoms with E-state index in [1.807, 2.05) is 19.2 Å². The summed E-state index contributed by atoms with van der Waals surface area (Å²) in [4.78, 5) is 15.2. The van der Waals surface area contributed by atoms with E-state index in [1.165, 1.54) is 24.2 Å². The van der Waals surface area contributed by atoms with Gasteiger partial charge in [-0.3, -0.25) is 4.79 Å². The first kappa shape index (κ1) is 13.8. The Morgan fingerprint density at radius 2 is 2.33 bits per heavy atom. The molecule has 0 bridgehead atoms. The van der Waals surface area contributed by atoms with Crippen molar-refractivity contribution in [3.63, 3.8) is 0 Å². The summed E-state index contributed by atoms with van der Waals surface area (Å²) in [5.74, 6) is 0.196. The molecule has 0 radical (unpaired) electrons. The minimum absolute atomic E-state index is 0.00654. The maximum atomic E-state index is 12.3. The third-order valence-corrected chi connectivity index (χ3v) is 4.47. The Hall–Kier alpha value is -0.580. The van der Waals surface area contributed by atoms with Crippen molar-refractivity contribution in [1.82, 2.24) is 10.2 Å². The van der Waals surface area contributed by atoms with Crippen LogP contribution < -0.4 is 5.32 Å². The second kappa shape index (κ2) is 6.55. The SMILES string of the molecule is CN(Cc1ccc(Cl)s1)C(=O)C1CCCCCN1. The Bertz CT molecular complexity index is 399. The Balaban J connectivity index is 1.91. The molecule has 1 aromatic rings. The van der Waals surface area contributed by atoms with Gasteiger partial charge in [-0.15, -0.1) is 11.3 Å². The van der Waals surface area contributed by atoms with E-state index >= 15 is 0 Å². The van der Waals surface area contributed by atoms with E-state index in [4.69, 9.17) is 11.6 Å². The molecule has 1 aromatic heterocycles. The largest absolute Gasteiger partial charge is 0.339 e. The van der Waals surface area contributed by atoms with Gasteiger partial charge in [-0.1, -0.05) is 24.4 Å². The first-order valence-electron chi connectivity index (χ1n) is 6.39. The van der Waals surface area contributed by atoms with Crippen LogP contribution in [0.3, 0.4) is 0 Å². The highest BCUT2D eigenvalue weighted by molar-refractivity contribution is 7.16. The van der Waals surface area contributed by atoms with Gasteiger partial charge in [0.1, 0.15) is 0 Å². The predicted molar refractivity (Wildman–Crippen MR) is 76.1 cm³/mol. The lowest BCUT2D eigenvalue weighted by atomic mass is 10.1. The fraction of sp³-hybridized carbons (Fsp3) is 0.615. The third kappa shape index (κ3) is 3.70. The summed E-state index contributed by atoms with van der Waals surface area (Å²) in [6.45, 7) is 1.60. The number of thiophene rings is 1. The molecule has 0 spiro atoms. The molecule has 18 heavy (non-hydrogen) atoms. The molecule has 1 fully saturated rings. The summed E-state index contributed by atoms with van der Waals surface area (Å²) in [6.07, 6.45) is 4.49. The molecule has 1 atom stereocenters.